The van der Waals surface area contributed by atoms with Gasteiger partial charge in [0.1, 0.15) is 23.0 Å². The van der Waals surface area contributed by atoms with Crippen molar-refractivity contribution >= 4 is 0 Å². The van der Waals surface area contributed by atoms with Crippen LogP contribution in [0.15, 0.2) is 78.9 Å². The highest BCUT2D eigenvalue weighted by molar-refractivity contribution is 5.88. The Morgan fingerprint density at radius 3 is 1.56 bits per heavy atom. The summed E-state index contributed by atoms with van der Waals surface area (Å²) < 4.78 is 13.1. The van der Waals surface area contributed by atoms with Crippen LogP contribution in [0.2, 0.25) is 0 Å². The summed E-state index contributed by atoms with van der Waals surface area (Å²) in [4.78, 5) is 0. The number of para-hydroxylation sites is 2. The minimum Gasteiger partial charge on any atom is -0.507 e. The highest BCUT2D eigenvalue weighted by Crippen LogP contribution is 2.48. The Labute approximate surface area is 297 Å². The fraction of sp³-hybridized carbons (Fsp3) is 0.348. The molecule has 0 amide bonds. The highest BCUT2D eigenvalue weighted by Gasteiger charge is 2.27. The first-order chi connectivity index (χ1) is 24.1. The van der Waals surface area contributed by atoms with Gasteiger partial charge in [0.05, 0.1) is 13.2 Å². The smallest absolute Gasteiger partial charge is 0.131 e. The average molecular weight is 667 g/mol. The highest BCUT2D eigenvalue weighted by atomic mass is 16.5. The quantitative estimate of drug-likeness (QED) is 0.164. The molecule has 7 rings (SSSR count). The predicted octanol–water partition coefficient (Wildman–Crippen LogP) is 11.3. The first kappa shape index (κ1) is 33.8. The van der Waals surface area contributed by atoms with E-state index in [1.54, 1.807) is 0 Å². The molecule has 2 aliphatic rings. The zero-order valence-corrected chi connectivity index (χ0v) is 30.3. The van der Waals surface area contributed by atoms with Crippen LogP contribution in [0.5, 0.6) is 23.0 Å². The van der Waals surface area contributed by atoms with Crippen molar-refractivity contribution in [2.75, 3.05) is 13.2 Å². The van der Waals surface area contributed by atoms with Gasteiger partial charge in [0.15, 0.2) is 0 Å². The van der Waals surface area contributed by atoms with Crippen molar-refractivity contribution in [2.24, 2.45) is 5.41 Å². The van der Waals surface area contributed by atoms with Gasteiger partial charge >= 0.3 is 0 Å². The summed E-state index contributed by atoms with van der Waals surface area (Å²) in [6.07, 6.45) is 9.30. The molecule has 0 fully saturated rings. The molecule has 0 saturated carbocycles. The van der Waals surface area contributed by atoms with Crippen LogP contribution < -0.4 is 9.47 Å². The van der Waals surface area contributed by atoms with Crippen LogP contribution >= 0.6 is 0 Å². The van der Waals surface area contributed by atoms with E-state index in [9.17, 15) is 10.2 Å². The fourth-order valence-corrected chi connectivity index (χ4v) is 8.02. The Hall–Kier alpha value is -4.70. The van der Waals surface area contributed by atoms with Crippen molar-refractivity contribution in [3.63, 3.8) is 0 Å². The number of hydrogen-bond acceptors (Lipinski definition) is 4. The van der Waals surface area contributed by atoms with E-state index in [2.05, 4.69) is 45.0 Å². The molecule has 0 bridgehead atoms. The average Bonchev–Trinajstić information content (AvgIpc) is 3.11. The lowest BCUT2D eigenvalue weighted by atomic mass is 9.76. The number of phenols is 2. The van der Waals surface area contributed by atoms with Crippen molar-refractivity contribution in [1.82, 2.24) is 0 Å². The molecule has 0 atom stereocenters. The van der Waals surface area contributed by atoms with Crippen LogP contribution in [-0.4, -0.2) is 23.4 Å². The van der Waals surface area contributed by atoms with Gasteiger partial charge in [-0.2, -0.15) is 0 Å². The van der Waals surface area contributed by atoms with Crippen LogP contribution in [0.1, 0.15) is 78.5 Å². The number of fused-ring (bicyclic) bond motifs is 2. The molecule has 5 aromatic rings. The van der Waals surface area contributed by atoms with Crippen molar-refractivity contribution in [3.8, 4) is 56.4 Å². The molecule has 2 N–H and O–H groups in total. The van der Waals surface area contributed by atoms with Crippen LogP contribution in [0.3, 0.4) is 0 Å². The third-order valence-electron chi connectivity index (χ3n) is 10.5. The summed E-state index contributed by atoms with van der Waals surface area (Å²) in [5, 5.41) is 23.1. The molecule has 0 aromatic heterocycles. The lowest BCUT2D eigenvalue weighted by Gasteiger charge is -2.29. The predicted molar refractivity (Wildman–Crippen MR) is 205 cm³/mol. The summed E-state index contributed by atoms with van der Waals surface area (Å²) in [6.45, 7) is 11.2. The number of aromatic hydroxyl groups is 2. The van der Waals surface area contributed by atoms with Crippen LogP contribution in [-0.2, 0) is 25.7 Å². The lowest BCUT2D eigenvalue weighted by Crippen LogP contribution is -2.29. The summed E-state index contributed by atoms with van der Waals surface area (Å²) in [7, 11) is 0. The largest absolute Gasteiger partial charge is 0.507 e. The SMILES string of the molecule is Cc1cc(C)c(O)c(-c2ccccc2OCC(C)(C)COc2ccccc2-c2cc(C)cc(-c3c4c(cc5c3CCCC5)CCCC4)c2O)c1. The first-order valence-electron chi connectivity index (χ1n) is 18.3. The molecule has 0 unspecified atom stereocenters. The van der Waals surface area contributed by atoms with Crippen molar-refractivity contribution in [1.29, 1.82) is 0 Å². The fourth-order valence-electron chi connectivity index (χ4n) is 8.02. The second kappa shape index (κ2) is 13.9. The number of aryl methyl sites for hydroxylation is 5. The lowest BCUT2D eigenvalue weighted by molar-refractivity contribution is 0.111. The third-order valence-corrected chi connectivity index (χ3v) is 10.5. The third kappa shape index (κ3) is 6.73. The molecule has 50 heavy (non-hydrogen) atoms. The van der Waals surface area contributed by atoms with Gasteiger partial charge in [-0.15, -0.1) is 0 Å². The van der Waals surface area contributed by atoms with Crippen LogP contribution in [0.4, 0.5) is 0 Å². The number of rotatable bonds is 9. The van der Waals surface area contributed by atoms with Gasteiger partial charge in [0.2, 0.25) is 0 Å². The summed E-state index contributed by atoms with van der Waals surface area (Å²) in [5.74, 6) is 2.08. The van der Waals surface area contributed by atoms with E-state index < -0.39 is 0 Å². The standard InChI is InChI=1S/C46H50O4/c1-29-22-31(3)44(47)38(23-29)36-18-10-12-20-41(36)49-27-46(4,5)28-50-42-21-13-11-19-37(42)39-24-30(2)25-40(45(39)48)43-34-16-8-6-14-32(34)26-33-15-7-9-17-35(33)43/h10-13,18-26,47-48H,6-9,14-17,27-28H2,1-5H3. The Bertz CT molecular complexity index is 2020. The minimum atomic E-state index is -0.341. The van der Waals surface area contributed by atoms with Gasteiger partial charge in [-0.25, -0.2) is 0 Å². The summed E-state index contributed by atoms with van der Waals surface area (Å²) >= 11 is 0. The molecular weight excluding hydrogens is 617 g/mol. The van der Waals surface area contributed by atoms with Crippen LogP contribution in [0, 0.1) is 26.2 Å². The minimum absolute atomic E-state index is 0.278. The Kier molecular flexibility index (Phi) is 9.39. The molecule has 2 aliphatic carbocycles. The summed E-state index contributed by atoms with van der Waals surface area (Å²) in [5.41, 5.74) is 14.2. The zero-order chi connectivity index (χ0) is 35.0. The Balaban J connectivity index is 1.16. The maximum Gasteiger partial charge on any atom is 0.131 e. The molecule has 5 aromatic carbocycles. The van der Waals surface area contributed by atoms with E-state index in [1.807, 2.05) is 68.4 Å². The first-order valence-corrected chi connectivity index (χ1v) is 18.3. The maximum atomic E-state index is 12.2. The second-order valence-electron chi connectivity index (χ2n) is 15.4. The van der Waals surface area contributed by atoms with E-state index in [0.717, 1.165) is 81.7 Å². The van der Waals surface area contributed by atoms with Gasteiger partial charge in [0.25, 0.3) is 0 Å². The molecule has 0 aliphatic heterocycles. The Morgan fingerprint density at radius 2 is 1.00 bits per heavy atom. The van der Waals surface area contributed by atoms with Gasteiger partial charge in [-0.1, -0.05) is 62.4 Å². The van der Waals surface area contributed by atoms with E-state index in [1.165, 1.54) is 53.5 Å². The molecule has 0 spiro atoms. The maximum absolute atomic E-state index is 12.2. The number of hydrogen-bond donors (Lipinski definition) is 2. The number of phenolic OH excluding ortho intramolecular Hbond substituents is 2. The second-order valence-corrected chi connectivity index (χ2v) is 15.4. The number of benzene rings is 5. The van der Waals surface area contributed by atoms with Gasteiger partial charge < -0.3 is 19.7 Å². The zero-order valence-electron chi connectivity index (χ0n) is 30.3. The summed E-state index contributed by atoms with van der Waals surface area (Å²) in [6, 6.07) is 26.7. The Morgan fingerprint density at radius 1 is 0.540 bits per heavy atom. The molecule has 0 saturated heterocycles. The van der Waals surface area contributed by atoms with Crippen molar-refractivity contribution in [3.05, 3.63) is 118 Å². The topological polar surface area (TPSA) is 58.9 Å². The van der Waals surface area contributed by atoms with Gasteiger partial charge in [0, 0.05) is 33.2 Å². The van der Waals surface area contributed by atoms with Crippen molar-refractivity contribution < 1.29 is 19.7 Å². The van der Waals surface area contributed by atoms with E-state index in [4.69, 9.17) is 9.47 Å². The van der Waals surface area contributed by atoms with E-state index in [0.29, 0.717) is 19.0 Å². The van der Waals surface area contributed by atoms with Crippen LogP contribution in [0.25, 0.3) is 33.4 Å². The monoisotopic (exact) mass is 666 g/mol. The molecule has 4 heteroatoms. The molecule has 0 radical (unpaired) electrons. The molecule has 0 heterocycles. The number of ether oxygens (including phenoxy) is 2. The molecular formula is C46H50O4. The van der Waals surface area contributed by atoms with Gasteiger partial charge in [-0.3, -0.25) is 0 Å². The molecule has 258 valence electrons. The van der Waals surface area contributed by atoms with E-state index in [-0.39, 0.29) is 11.2 Å². The normalized spacial score (nSPS) is 14.2. The van der Waals surface area contributed by atoms with E-state index >= 15 is 0 Å². The molecule has 4 nitrogen and oxygen atoms in total. The van der Waals surface area contributed by atoms with Gasteiger partial charge in [-0.05, 0) is 147 Å². The van der Waals surface area contributed by atoms with Crippen molar-refractivity contribution in [2.45, 2.75) is 86.0 Å².